The van der Waals surface area contributed by atoms with E-state index in [1.165, 1.54) is 11.8 Å². The van der Waals surface area contributed by atoms with Crippen LogP contribution in [0.3, 0.4) is 0 Å². The van der Waals surface area contributed by atoms with Gasteiger partial charge in [-0.3, -0.25) is 0 Å². The van der Waals surface area contributed by atoms with Gasteiger partial charge in [0.2, 0.25) is 11.8 Å². The van der Waals surface area contributed by atoms with E-state index in [1.807, 2.05) is 54.6 Å². The lowest BCUT2D eigenvalue weighted by molar-refractivity contribution is 0.530. The quantitative estimate of drug-likeness (QED) is 0.489. The molecule has 0 saturated heterocycles. The second-order valence-electron chi connectivity index (χ2n) is 5.58. The van der Waals surface area contributed by atoms with Gasteiger partial charge in [0.15, 0.2) is 16.7 Å². The molecule has 8 heteroatoms. The standard InChI is InChI=1S/C19H14ClN5OS/c20-14-8-4-7-13(9-14)15-10-22-16(26-15)11-27-19-24-17(23-18(21)25-19)12-5-2-1-3-6-12/h1-10H,11H2,(H2,21,23,24,25). The second kappa shape index (κ2) is 7.77. The molecular weight excluding hydrogens is 382 g/mol. The van der Waals surface area contributed by atoms with Gasteiger partial charge in [-0.25, -0.2) is 9.97 Å². The first-order chi connectivity index (χ1) is 13.2. The number of halogens is 1. The minimum Gasteiger partial charge on any atom is -0.440 e. The molecule has 2 heterocycles. The molecule has 27 heavy (non-hydrogen) atoms. The summed E-state index contributed by atoms with van der Waals surface area (Å²) >= 11 is 7.41. The monoisotopic (exact) mass is 395 g/mol. The minimum atomic E-state index is 0.179. The molecule has 2 aromatic carbocycles. The van der Waals surface area contributed by atoms with Crippen molar-refractivity contribution in [3.63, 3.8) is 0 Å². The van der Waals surface area contributed by atoms with Crippen LogP contribution in [0.2, 0.25) is 5.02 Å². The first-order valence-corrected chi connectivity index (χ1v) is 9.44. The van der Waals surface area contributed by atoms with Crippen molar-refractivity contribution in [2.75, 3.05) is 5.73 Å². The maximum atomic E-state index is 6.02. The number of hydrogen-bond acceptors (Lipinski definition) is 7. The molecule has 6 nitrogen and oxygen atoms in total. The van der Waals surface area contributed by atoms with E-state index in [2.05, 4.69) is 19.9 Å². The molecule has 0 unspecified atom stereocenters. The Morgan fingerprint density at radius 1 is 0.963 bits per heavy atom. The SMILES string of the molecule is Nc1nc(SCc2ncc(-c3cccc(Cl)c3)o2)nc(-c2ccccc2)n1. The van der Waals surface area contributed by atoms with Crippen molar-refractivity contribution >= 4 is 29.3 Å². The van der Waals surface area contributed by atoms with Crippen LogP contribution in [0.15, 0.2) is 70.4 Å². The number of nitrogens with zero attached hydrogens (tertiary/aromatic N) is 4. The second-order valence-corrected chi connectivity index (χ2v) is 6.96. The van der Waals surface area contributed by atoms with Crippen molar-refractivity contribution < 1.29 is 4.42 Å². The number of hydrogen-bond donors (Lipinski definition) is 1. The summed E-state index contributed by atoms with van der Waals surface area (Å²) in [6.07, 6.45) is 1.68. The molecular formula is C19H14ClN5OS. The van der Waals surface area contributed by atoms with E-state index in [9.17, 15) is 0 Å². The molecule has 134 valence electrons. The van der Waals surface area contributed by atoms with E-state index in [0.29, 0.717) is 33.4 Å². The third kappa shape index (κ3) is 4.27. The predicted octanol–water partition coefficient (Wildman–Crippen LogP) is 4.72. The van der Waals surface area contributed by atoms with Crippen LogP contribution < -0.4 is 5.73 Å². The topological polar surface area (TPSA) is 90.7 Å². The Balaban J connectivity index is 1.50. The van der Waals surface area contributed by atoms with E-state index >= 15 is 0 Å². The number of anilines is 1. The molecule has 0 aliphatic carbocycles. The average Bonchev–Trinajstić information content (AvgIpc) is 3.16. The highest BCUT2D eigenvalue weighted by molar-refractivity contribution is 7.98. The Kier molecular flexibility index (Phi) is 5.04. The van der Waals surface area contributed by atoms with Gasteiger partial charge in [0.1, 0.15) is 0 Å². The van der Waals surface area contributed by atoms with Gasteiger partial charge in [0.05, 0.1) is 11.9 Å². The highest BCUT2D eigenvalue weighted by atomic mass is 35.5. The lowest BCUT2D eigenvalue weighted by Gasteiger charge is -2.04. The van der Waals surface area contributed by atoms with Crippen molar-refractivity contribution in [1.29, 1.82) is 0 Å². The molecule has 2 aromatic heterocycles. The fraction of sp³-hybridized carbons (Fsp3) is 0.0526. The molecule has 0 radical (unpaired) electrons. The van der Waals surface area contributed by atoms with E-state index in [4.69, 9.17) is 21.8 Å². The van der Waals surface area contributed by atoms with Gasteiger partial charge in [-0.2, -0.15) is 9.97 Å². The Bertz CT molecular complexity index is 1070. The number of nitrogens with two attached hydrogens (primary N) is 1. The van der Waals surface area contributed by atoms with Gasteiger partial charge < -0.3 is 10.2 Å². The summed E-state index contributed by atoms with van der Waals surface area (Å²) in [6.45, 7) is 0. The zero-order valence-corrected chi connectivity index (χ0v) is 15.6. The van der Waals surface area contributed by atoms with Gasteiger partial charge in [-0.15, -0.1) is 0 Å². The fourth-order valence-electron chi connectivity index (χ4n) is 2.43. The van der Waals surface area contributed by atoms with Crippen molar-refractivity contribution in [3.8, 4) is 22.7 Å². The smallest absolute Gasteiger partial charge is 0.224 e. The maximum Gasteiger partial charge on any atom is 0.224 e. The fourth-order valence-corrected chi connectivity index (χ4v) is 3.32. The van der Waals surface area contributed by atoms with Crippen LogP contribution in [-0.2, 0) is 5.75 Å². The molecule has 0 fully saturated rings. The average molecular weight is 396 g/mol. The zero-order chi connectivity index (χ0) is 18.6. The van der Waals surface area contributed by atoms with Gasteiger partial charge in [-0.05, 0) is 12.1 Å². The number of aromatic nitrogens is 4. The van der Waals surface area contributed by atoms with Crippen molar-refractivity contribution in [1.82, 2.24) is 19.9 Å². The number of rotatable bonds is 5. The van der Waals surface area contributed by atoms with Gasteiger partial charge in [0, 0.05) is 16.1 Å². The molecule has 0 amide bonds. The number of oxazole rings is 1. The number of benzene rings is 2. The Hall–Kier alpha value is -2.90. The van der Waals surface area contributed by atoms with Crippen LogP contribution in [0.4, 0.5) is 5.95 Å². The van der Waals surface area contributed by atoms with Crippen LogP contribution in [0.1, 0.15) is 5.89 Å². The van der Waals surface area contributed by atoms with Crippen LogP contribution in [0.5, 0.6) is 0 Å². The Morgan fingerprint density at radius 3 is 2.59 bits per heavy atom. The number of thioether (sulfide) groups is 1. The molecule has 0 atom stereocenters. The first kappa shape index (κ1) is 17.5. The van der Waals surface area contributed by atoms with Crippen molar-refractivity contribution in [2.24, 2.45) is 0 Å². The minimum absolute atomic E-state index is 0.179. The van der Waals surface area contributed by atoms with Gasteiger partial charge in [-0.1, -0.05) is 65.8 Å². The summed E-state index contributed by atoms with van der Waals surface area (Å²) in [5.41, 5.74) is 7.59. The van der Waals surface area contributed by atoms with Gasteiger partial charge >= 0.3 is 0 Å². The van der Waals surface area contributed by atoms with Crippen molar-refractivity contribution in [3.05, 3.63) is 71.7 Å². The first-order valence-electron chi connectivity index (χ1n) is 8.08. The lowest BCUT2D eigenvalue weighted by atomic mass is 10.2. The van der Waals surface area contributed by atoms with E-state index in [-0.39, 0.29) is 5.95 Å². The summed E-state index contributed by atoms with van der Waals surface area (Å²) in [5.74, 6) is 2.41. The summed E-state index contributed by atoms with van der Waals surface area (Å²) in [7, 11) is 0. The molecule has 4 rings (SSSR count). The molecule has 0 aliphatic rings. The third-order valence-electron chi connectivity index (χ3n) is 3.65. The maximum absolute atomic E-state index is 6.02. The van der Waals surface area contributed by atoms with Crippen LogP contribution in [-0.4, -0.2) is 19.9 Å². The summed E-state index contributed by atoms with van der Waals surface area (Å²) in [6, 6.07) is 17.1. The molecule has 0 spiro atoms. The molecule has 0 aliphatic heterocycles. The largest absolute Gasteiger partial charge is 0.440 e. The highest BCUT2D eigenvalue weighted by Gasteiger charge is 2.11. The summed E-state index contributed by atoms with van der Waals surface area (Å²) < 4.78 is 5.80. The van der Waals surface area contributed by atoms with Gasteiger partial charge in [0.25, 0.3) is 0 Å². The van der Waals surface area contributed by atoms with E-state index in [0.717, 1.165) is 11.1 Å². The van der Waals surface area contributed by atoms with E-state index < -0.39 is 0 Å². The molecule has 0 saturated carbocycles. The van der Waals surface area contributed by atoms with Crippen molar-refractivity contribution in [2.45, 2.75) is 10.9 Å². The highest BCUT2D eigenvalue weighted by Crippen LogP contribution is 2.27. The van der Waals surface area contributed by atoms with Crippen LogP contribution >= 0.6 is 23.4 Å². The molecule has 4 aromatic rings. The molecule has 2 N–H and O–H groups in total. The van der Waals surface area contributed by atoms with Crippen LogP contribution in [0.25, 0.3) is 22.7 Å². The predicted molar refractivity (Wildman–Crippen MR) is 106 cm³/mol. The third-order valence-corrected chi connectivity index (χ3v) is 4.72. The summed E-state index contributed by atoms with van der Waals surface area (Å²) in [4.78, 5) is 17.2. The Morgan fingerprint density at radius 2 is 1.78 bits per heavy atom. The zero-order valence-electron chi connectivity index (χ0n) is 14.0. The molecule has 0 bridgehead atoms. The Labute approximate surface area is 164 Å². The normalized spacial score (nSPS) is 10.9. The van der Waals surface area contributed by atoms with E-state index in [1.54, 1.807) is 6.20 Å². The number of nitrogen functional groups attached to an aromatic ring is 1. The lowest BCUT2D eigenvalue weighted by Crippen LogP contribution is -2.01. The summed E-state index contributed by atoms with van der Waals surface area (Å²) in [5, 5.41) is 1.16. The van der Waals surface area contributed by atoms with Crippen LogP contribution in [0, 0.1) is 0 Å².